The zero-order chi connectivity index (χ0) is 16.5. The molecule has 122 valence electrons. The van der Waals surface area contributed by atoms with E-state index >= 15 is 0 Å². The van der Waals surface area contributed by atoms with Gasteiger partial charge in [0.2, 0.25) is 0 Å². The lowest BCUT2D eigenvalue weighted by Gasteiger charge is -2.40. The highest BCUT2D eigenvalue weighted by Gasteiger charge is 2.65. The van der Waals surface area contributed by atoms with Gasteiger partial charge >= 0.3 is 10.2 Å². The van der Waals surface area contributed by atoms with Crippen LogP contribution in [0.1, 0.15) is 10.4 Å². The molecule has 21 heavy (non-hydrogen) atoms. The van der Waals surface area contributed by atoms with Gasteiger partial charge in [0.25, 0.3) is 5.91 Å². The number of likely N-dealkylation sites (N-methyl/N-ethyl adjacent to an activating group) is 1. The number of nitrogen functional groups attached to an aromatic ring is 1. The molecule has 0 bridgehead atoms. The first-order chi connectivity index (χ1) is 9.20. The summed E-state index contributed by atoms with van der Waals surface area (Å²) in [5.74, 6) is -0.932. The molecule has 0 spiro atoms. The van der Waals surface area contributed by atoms with Crippen LogP contribution in [0.3, 0.4) is 0 Å². The van der Waals surface area contributed by atoms with E-state index in [4.69, 9.17) is 5.73 Å². The lowest BCUT2D eigenvalue weighted by atomic mass is 10.1. The number of nitrogens with one attached hydrogen (secondary N) is 1. The maximum atomic E-state index is 12.7. The fourth-order valence-corrected chi connectivity index (χ4v) is 2.13. The highest BCUT2D eigenvalue weighted by Crippen LogP contribution is 3.02. The van der Waals surface area contributed by atoms with Crippen molar-refractivity contribution >= 4 is 21.8 Å². The number of carbonyl (C=O) groups excluding carboxylic acids is 1. The molecule has 1 rings (SSSR count). The van der Waals surface area contributed by atoms with Crippen LogP contribution in [0, 0.1) is 0 Å². The Morgan fingerprint density at radius 2 is 1.81 bits per heavy atom. The molecule has 1 aromatic carbocycles. The number of hydrogen-bond acceptors (Lipinski definition) is 3. The Morgan fingerprint density at radius 3 is 2.29 bits per heavy atom. The van der Waals surface area contributed by atoms with Crippen LogP contribution in [0.5, 0.6) is 0 Å². The second-order valence-electron chi connectivity index (χ2n) is 4.78. The van der Waals surface area contributed by atoms with E-state index in [1.165, 1.54) is 0 Å². The molecule has 0 aliphatic rings. The van der Waals surface area contributed by atoms with E-state index < -0.39 is 26.6 Å². The third kappa shape index (κ3) is 5.05. The number of carbonyl (C=O) groups is 1. The second kappa shape index (κ2) is 4.73. The Kier molecular flexibility index (Phi) is 3.95. The quantitative estimate of drug-likeness (QED) is 0.642. The van der Waals surface area contributed by atoms with E-state index in [1.807, 2.05) is 0 Å². The first-order valence-corrected chi connectivity index (χ1v) is 7.72. The number of nitrogens with two attached hydrogens (primary N) is 1. The third-order valence-corrected chi connectivity index (χ3v) is 3.70. The van der Waals surface area contributed by atoms with E-state index in [0.717, 1.165) is 0 Å². The van der Waals surface area contributed by atoms with Gasteiger partial charge in [0.15, 0.2) is 0 Å². The van der Waals surface area contributed by atoms with E-state index in [-0.39, 0.29) is 24.4 Å². The molecule has 0 fully saturated rings. The fraction of sp³-hybridized carbons (Fsp3) is 0.364. The molecule has 0 radical (unpaired) electrons. The Hall–Kier alpha value is -1.55. The number of nitrogens with zero attached hydrogens (tertiary/aromatic N) is 1. The van der Waals surface area contributed by atoms with Crippen molar-refractivity contribution in [2.75, 3.05) is 32.9 Å². The number of halogens is 5. The van der Waals surface area contributed by atoms with Crippen LogP contribution in [-0.4, -0.2) is 38.0 Å². The molecule has 0 saturated carbocycles. The number of hydrogen-bond donors (Lipinski definition) is 2. The molecule has 4 nitrogen and oxygen atoms in total. The molecule has 0 saturated heterocycles. The predicted molar refractivity (Wildman–Crippen MR) is 73.1 cm³/mol. The summed E-state index contributed by atoms with van der Waals surface area (Å²) in [4.78, 5) is 11.3. The normalized spacial score (nSPS) is 15.4. The van der Waals surface area contributed by atoms with Gasteiger partial charge in [0.1, 0.15) is 4.90 Å². The zero-order valence-electron chi connectivity index (χ0n) is 11.4. The van der Waals surface area contributed by atoms with Crippen LogP contribution in [0.4, 0.5) is 25.1 Å². The van der Waals surface area contributed by atoms with Crippen molar-refractivity contribution in [3.8, 4) is 0 Å². The highest BCUT2D eigenvalue weighted by molar-refractivity contribution is 8.45. The summed E-state index contributed by atoms with van der Waals surface area (Å²) in [6.45, 7) is 0.582. The SMILES string of the molecule is CN(C)CCNC(=O)c1cc(S(F)(F)(F)(F)F)ccc1N. The minimum Gasteiger partial charge on any atom is -0.398 e. The maximum absolute atomic E-state index is 12.7. The Labute approximate surface area is 118 Å². The fourth-order valence-electron chi connectivity index (χ4n) is 1.46. The molecule has 1 aromatic rings. The summed E-state index contributed by atoms with van der Waals surface area (Å²) in [5.41, 5.74) is 4.45. The molecule has 1 amide bonds. The van der Waals surface area contributed by atoms with Gasteiger partial charge in [-0.15, -0.1) is 0 Å². The van der Waals surface area contributed by atoms with Gasteiger partial charge in [-0.3, -0.25) is 4.79 Å². The standard InChI is InChI=1S/C11H16F5N3OS/c1-19(2)6-5-18-11(20)9-7-8(3-4-10(9)17)21(12,13,14,15)16/h3-4,7H,5-6,17H2,1-2H3,(H,18,20). The number of anilines is 1. The average molecular weight is 333 g/mol. The van der Waals surface area contributed by atoms with E-state index in [2.05, 4.69) is 5.32 Å². The van der Waals surface area contributed by atoms with Gasteiger partial charge in [0, 0.05) is 18.8 Å². The summed E-state index contributed by atoms with van der Waals surface area (Å²) < 4.78 is 63.5. The topological polar surface area (TPSA) is 58.4 Å². The third-order valence-electron chi connectivity index (χ3n) is 2.56. The molecular weight excluding hydrogens is 317 g/mol. The molecule has 0 aliphatic heterocycles. The Balaban J connectivity index is 3.07. The van der Waals surface area contributed by atoms with Crippen molar-refractivity contribution in [2.45, 2.75) is 4.90 Å². The van der Waals surface area contributed by atoms with Crippen LogP contribution in [-0.2, 0) is 0 Å². The van der Waals surface area contributed by atoms with Crippen molar-refractivity contribution in [3.63, 3.8) is 0 Å². The van der Waals surface area contributed by atoms with Crippen LogP contribution >= 0.6 is 10.2 Å². The van der Waals surface area contributed by atoms with Gasteiger partial charge in [-0.25, -0.2) is 0 Å². The summed E-state index contributed by atoms with van der Waals surface area (Å²) >= 11 is 0. The molecule has 0 aromatic heterocycles. The molecule has 0 aliphatic carbocycles. The van der Waals surface area contributed by atoms with Crippen LogP contribution in [0.15, 0.2) is 23.1 Å². The average Bonchev–Trinajstić information content (AvgIpc) is 2.25. The second-order valence-corrected chi connectivity index (χ2v) is 7.19. The van der Waals surface area contributed by atoms with E-state index in [1.54, 1.807) is 19.0 Å². The lowest BCUT2D eigenvalue weighted by molar-refractivity contribution is 0.0951. The number of amides is 1. The van der Waals surface area contributed by atoms with Crippen molar-refractivity contribution < 1.29 is 24.2 Å². The van der Waals surface area contributed by atoms with Crippen molar-refractivity contribution in [1.82, 2.24) is 10.2 Å². The van der Waals surface area contributed by atoms with Crippen molar-refractivity contribution in [3.05, 3.63) is 23.8 Å². The minimum atomic E-state index is -9.84. The number of rotatable bonds is 5. The monoisotopic (exact) mass is 333 g/mol. The first-order valence-electron chi connectivity index (χ1n) is 5.77. The first kappa shape index (κ1) is 17.5. The van der Waals surface area contributed by atoms with Gasteiger partial charge < -0.3 is 16.0 Å². The number of benzene rings is 1. The maximum Gasteiger partial charge on any atom is 0.310 e. The molecule has 0 atom stereocenters. The summed E-state index contributed by atoms with van der Waals surface area (Å²) in [5, 5.41) is 2.32. The van der Waals surface area contributed by atoms with E-state index in [9.17, 15) is 24.2 Å². The summed E-state index contributed by atoms with van der Waals surface area (Å²) in [6, 6.07) is 0.906. The van der Waals surface area contributed by atoms with Crippen molar-refractivity contribution in [1.29, 1.82) is 0 Å². The smallest absolute Gasteiger partial charge is 0.310 e. The molecule has 10 heteroatoms. The highest BCUT2D eigenvalue weighted by atomic mass is 32.5. The van der Waals surface area contributed by atoms with Gasteiger partial charge in [-0.2, -0.15) is 0 Å². The van der Waals surface area contributed by atoms with Crippen LogP contribution in [0.25, 0.3) is 0 Å². The zero-order valence-corrected chi connectivity index (χ0v) is 12.2. The minimum absolute atomic E-state index is 0.0852. The Bertz CT molecular complexity index is 558. The predicted octanol–water partition coefficient (Wildman–Crippen LogP) is 3.22. The largest absolute Gasteiger partial charge is 0.398 e. The summed E-state index contributed by atoms with van der Waals surface area (Å²) in [7, 11) is -6.37. The van der Waals surface area contributed by atoms with E-state index in [0.29, 0.717) is 12.6 Å². The lowest BCUT2D eigenvalue weighted by Crippen LogP contribution is -2.31. The van der Waals surface area contributed by atoms with Gasteiger partial charge in [-0.05, 0) is 32.3 Å². The molecular formula is C11H16F5N3OS. The molecule has 3 N–H and O–H groups in total. The summed E-state index contributed by atoms with van der Waals surface area (Å²) in [6.07, 6.45) is 0. The molecule has 0 heterocycles. The van der Waals surface area contributed by atoms with Crippen LogP contribution in [0.2, 0.25) is 0 Å². The van der Waals surface area contributed by atoms with Gasteiger partial charge in [-0.1, -0.05) is 19.4 Å². The van der Waals surface area contributed by atoms with Gasteiger partial charge in [0.05, 0.1) is 5.56 Å². The Morgan fingerprint density at radius 1 is 1.24 bits per heavy atom. The van der Waals surface area contributed by atoms with Crippen molar-refractivity contribution in [2.24, 2.45) is 0 Å². The molecule has 0 unspecified atom stereocenters. The van der Waals surface area contributed by atoms with Crippen LogP contribution < -0.4 is 11.1 Å².